The first-order valence-corrected chi connectivity index (χ1v) is 6.71. The third-order valence-corrected chi connectivity index (χ3v) is 4.47. The van der Waals surface area contributed by atoms with E-state index in [9.17, 15) is 0 Å². The molecule has 1 aliphatic carbocycles. The van der Waals surface area contributed by atoms with Gasteiger partial charge < -0.3 is 5.73 Å². The summed E-state index contributed by atoms with van der Waals surface area (Å²) in [5, 5.41) is 0. The average molecular weight is 272 g/mol. The molecule has 0 amide bonds. The topological polar surface area (TPSA) is 26.0 Å². The monoisotopic (exact) mass is 271 g/mol. The van der Waals surface area contributed by atoms with Crippen LogP contribution in [0.2, 0.25) is 0 Å². The number of anilines is 1. The van der Waals surface area contributed by atoms with Crippen molar-refractivity contribution in [3.8, 4) is 0 Å². The fourth-order valence-corrected chi connectivity index (χ4v) is 3.21. The van der Waals surface area contributed by atoms with Gasteiger partial charge in [-0.3, -0.25) is 0 Å². The molecule has 0 saturated heterocycles. The van der Waals surface area contributed by atoms with Gasteiger partial charge in [-0.1, -0.05) is 22.4 Å². The fourth-order valence-electron chi connectivity index (χ4n) is 1.50. The van der Waals surface area contributed by atoms with Crippen molar-refractivity contribution in [2.45, 2.75) is 24.2 Å². The summed E-state index contributed by atoms with van der Waals surface area (Å²) in [6, 6.07) is 6.06. The molecule has 76 valence electrons. The molecule has 1 nitrogen and oxygen atoms in total. The van der Waals surface area contributed by atoms with Crippen LogP contribution in [0.3, 0.4) is 0 Å². The Labute approximate surface area is 97.6 Å². The van der Waals surface area contributed by atoms with E-state index in [1.807, 2.05) is 23.9 Å². The van der Waals surface area contributed by atoms with Gasteiger partial charge in [0.25, 0.3) is 0 Å². The Kier molecular flexibility index (Phi) is 3.39. The van der Waals surface area contributed by atoms with E-state index in [0.717, 1.165) is 16.1 Å². The molecule has 1 fully saturated rings. The molecule has 14 heavy (non-hydrogen) atoms. The van der Waals surface area contributed by atoms with E-state index in [2.05, 4.69) is 22.0 Å². The zero-order valence-corrected chi connectivity index (χ0v) is 10.4. The first-order chi connectivity index (χ1) is 6.75. The van der Waals surface area contributed by atoms with Gasteiger partial charge in [0.05, 0.1) is 0 Å². The van der Waals surface area contributed by atoms with Crippen LogP contribution in [0.1, 0.15) is 19.3 Å². The lowest BCUT2D eigenvalue weighted by Crippen LogP contribution is -2.13. The predicted octanol–water partition coefficient (Wildman–Crippen LogP) is 3.92. The van der Waals surface area contributed by atoms with Crippen LogP contribution in [0, 0.1) is 5.92 Å². The summed E-state index contributed by atoms with van der Waals surface area (Å²) in [5.74, 6) is 2.15. The second kappa shape index (κ2) is 4.58. The van der Waals surface area contributed by atoms with E-state index < -0.39 is 0 Å². The first-order valence-electron chi connectivity index (χ1n) is 4.93. The molecule has 0 aliphatic heterocycles. The highest BCUT2D eigenvalue weighted by Gasteiger charge is 2.17. The molecule has 0 spiro atoms. The number of nitrogens with two attached hydrogens (primary N) is 1. The lowest BCUT2D eigenvalue weighted by atomic mass is 9.87. The molecule has 3 heteroatoms. The molecule has 0 atom stereocenters. The van der Waals surface area contributed by atoms with E-state index >= 15 is 0 Å². The molecular formula is C11H14BrNS. The molecule has 0 bridgehead atoms. The normalized spacial score (nSPS) is 16.6. The molecule has 0 unspecified atom stereocenters. The number of hydrogen-bond acceptors (Lipinski definition) is 2. The van der Waals surface area contributed by atoms with Crippen molar-refractivity contribution in [1.29, 1.82) is 0 Å². The van der Waals surface area contributed by atoms with Gasteiger partial charge in [-0.05, 0) is 37.0 Å². The van der Waals surface area contributed by atoms with Crippen LogP contribution >= 0.6 is 27.7 Å². The third kappa shape index (κ3) is 2.45. The highest BCUT2D eigenvalue weighted by atomic mass is 79.9. The van der Waals surface area contributed by atoms with Crippen molar-refractivity contribution in [3.63, 3.8) is 0 Å². The van der Waals surface area contributed by atoms with Gasteiger partial charge in [-0.25, -0.2) is 0 Å². The van der Waals surface area contributed by atoms with Crippen LogP contribution in [0.4, 0.5) is 5.69 Å². The Balaban J connectivity index is 1.96. The highest BCUT2D eigenvalue weighted by Crippen LogP contribution is 2.35. The average Bonchev–Trinajstić information content (AvgIpc) is 2.08. The summed E-state index contributed by atoms with van der Waals surface area (Å²) >= 11 is 5.36. The van der Waals surface area contributed by atoms with E-state index in [0.29, 0.717) is 0 Å². The summed E-state index contributed by atoms with van der Waals surface area (Å²) in [6.45, 7) is 0. The van der Waals surface area contributed by atoms with Crippen LogP contribution in [0.15, 0.2) is 27.6 Å². The molecular weight excluding hydrogens is 258 g/mol. The van der Waals surface area contributed by atoms with Crippen LogP contribution in [-0.4, -0.2) is 5.75 Å². The molecule has 0 radical (unpaired) electrons. The minimum absolute atomic E-state index is 0.900. The number of hydrogen-bond donors (Lipinski definition) is 1. The number of nitrogen functional groups attached to an aromatic ring is 1. The molecule has 0 aromatic heterocycles. The van der Waals surface area contributed by atoms with Crippen molar-refractivity contribution in [2.24, 2.45) is 5.92 Å². The maximum absolute atomic E-state index is 5.89. The number of thioether (sulfide) groups is 1. The molecule has 2 N–H and O–H groups in total. The zero-order valence-electron chi connectivity index (χ0n) is 8.00. The molecule has 0 heterocycles. The van der Waals surface area contributed by atoms with Gasteiger partial charge in [0.2, 0.25) is 0 Å². The third-order valence-electron chi connectivity index (χ3n) is 2.67. The van der Waals surface area contributed by atoms with Gasteiger partial charge in [0, 0.05) is 20.8 Å². The minimum Gasteiger partial charge on any atom is -0.398 e. The van der Waals surface area contributed by atoms with E-state index in [-0.39, 0.29) is 0 Å². The zero-order chi connectivity index (χ0) is 9.97. The first kappa shape index (κ1) is 10.4. The number of benzene rings is 1. The Morgan fingerprint density at radius 3 is 2.86 bits per heavy atom. The van der Waals surface area contributed by atoms with Gasteiger partial charge >= 0.3 is 0 Å². The SMILES string of the molecule is Nc1ccc(Br)cc1SCC1CCC1. The van der Waals surface area contributed by atoms with Crippen molar-refractivity contribution in [3.05, 3.63) is 22.7 Å². The standard InChI is InChI=1S/C11H14BrNS/c12-9-4-5-10(13)11(6-9)14-7-8-2-1-3-8/h4-6,8H,1-3,7,13H2. The second-order valence-corrected chi connectivity index (χ2v) is 5.77. The predicted molar refractivity (Wildman–Crippen MR) is 66.6 cm³/mol. The van der Waals surface area contributed by atoms with Crippen molar-refractivity contribution in [2.75, 3.05) is 11.5 Å². The maximum Gasteiger partial charge on any atom is 0.0453 e. The Bertz CT molecular complexity index is 323. The summed E-state index contributed by atoms with van der Waals surface area (Å²) in [6.07, 6.45) is 4.22. The summed E-state index contributed by atoms with van der Waals surface area (Å²) in [5.41, 5.74) is 6.79. The van der Waals surface area contributed by atoms with Gasteiger partial charge in [-0.15, -0.1) is 11.8 Å². The quantitative estimate of drug-likeness (QED) is 0.666. The summed E-state index contributed by atoms with van der Waals surface area (Å²) < 4.78 is 1.11. The Morgan fingerprint density at radius 2 is 2.21 bits per heavy atom. The lowest BCUT2D eigenvalue weighted by Gasteiger charge is -2.24. The van der Waals surface area contributed by atoms with E-state index in [1.165, 1.54) is 29.9 Å². The van der Waals surface area contributed by atoms with Crippen LogP contribution in [-0.2, 0) is 0 Å². The minimum atomic E-state index is 0.900. The smallest absolute Gasteiger partial charge is 0.0453 e. The summed E-state index contributed by atoms with van der Waals surface area (Å²) in [7, 11) is 0. The molecule has 1 saturated carbocycles. The van der Waals surface area contributed by atoms with Crippen molar-refractivity contribution >= 4 is 33.4 Å². The van der Waals surface area contributed by atoms with E-state index in [1.54, 1.807) is 0 Å². The van der Waals surface area contributed by atoms with Gasteiger partial charge in [0.15, 0.2) is 0 Å². The van der Waals surface area contributed by atoms with Crippen molar-refractivity contribution < 1.29 is 0 Å². The van der Waals surface area contributed by atoms with Crippen LogP contribution in [0.5, 0.6) is 0 Å². The fraction of sp³-hybridized carbons (Fsp3) is 0.455. The lowest BCUT2D eigenvalue weighted by molar-refractivity contribution is 0.353. The van der Waals surface area contributed by atoms with E-state index in [4.69, 9.17) is 5.73 Å². The Morgan fingerprint density at radius 1 is 1.43 bits per heavy atom. The molecule has 1 aromatic carbocycles. The molecule has 1 aliphatic rings. The second-order valence-electron chi connectivity index (χ2n) is 3.79. The number of rotatable bonds is 3. The van der Waals surface area contributed by atoms with Gasteiger partial charge in [-0.2, -0.15) is 0 Å². The largest absolute Gasteiger partial charge is 0.398 e. The van der Waals surface area contributed by atoms with Crippen LogP contribution < -0.4 is 5.73 Å². The number of halogens is 1. The molecule has 2 rings (SSSR count). The highest BCUT2D eigenvalue weighted by molar-refractivity contribution is 9.10. The Hall–Kier alpha value is -0.150. The van der Waals surface area contributed by atoms with Gasteiger partial charge in [0.1, 0.15) is 0 Å². The molecule has 1 aromatic rings. The maximum atomic E-state index is 5.89. The van der Waals surface area contributed by atoms with Crippen molar-refractivity contribution in [1.82, 2.24) is 0 Å². The summed E-state index contributed by atoms with van der Waals surface area (Å²) in [4.78, 5) is 1.21. The van der Waals surface area contributed by atoms with Crippen LogP contribution in [0.25, 0.3) is 0 Å².